The molecule has 3 rings (SSSR count). The number of anilines is 1. The van der Waals surface area contributed by atoms with Crippen LogP contribution in [0, 0.1) is 5.82 Å². The van der Waals surface area contributed by atoms with Crippen molar-refractivity contribution < 1.29 is 9.13 Å². The number of aromatic nitrogens is 2. The molecule has 2 aromatic rings. The molecule has 23 heavy (non-hydrogen) atoms. The fraction of sp³-hybridized carbons (Fsp3) is 0.412. The fourth-order valence-corrected chi connectivity index (χ4v) is 2.97. The van der Waals surface area contributed by atoms with Gasteiger partial charge in [0.15, 0.2) is 11.6 Å². The largest absolute Gasteiger partial charge is 0.494 e. The minimum atomic E-state index is -0.320. The summed E-state index contributed by atoms with van der Waals surface area (Å²) in [6, 6.07) is 5.13. The maximum absolute atomic E-state index is 13.8. The van der Waals surface area contributed by atoms with E-state index in [0.717, 1.165) is 42.1 Å². The number of halogens is 1. The average molecular weight is 316 g/mol. The normalized spacial score (nSPS) is 14.4. The Labute approximate surface area is 135 Å². The standard InChI is InChI=1S/C17H21FN4O/c1-21(2)17-13-10-22(7-6-15(13)19-11-20-17)9-12-4-5-16(23-3)14(18)8-12/h4-5,8,11H,6-7,9-10H2,1-3H3. The van der Waals surface area contributed by atoms with Gasteiger partial charge in [0.1, 0.15) is 12.1 Å². The summed E-state index contributed by atoms with van der Waals surface area (Å²) in [6.45, 7) is 2.38. The van der Waals surface area contributed by atoms with Gasteiger partial charge in [0.05, 0.1) is 12.8 Å². The summed E-state index contributed by atoms with van der Waals surface area (Å²) in [5.41, 5.74) is 3.22. The topological polar surface area (TPSA) is 41.5 Å². The van der Waals surface area contributed by atoms with Gasteiger partial charge in [-0.1, -0.05) is 6.07 Å². The van der Waals surface area contributed by atoms with Crippen LogP contribution in [0.15, 0.2) is 24.5 Å². The number of rotatable bonds is 4. The second kappa shape index (κ2) is 6.50. The van der Waals surface area contributed by atoms with Crippen molar-refractivity contribution in [3.8, 4) is 5.75 Å². The van der Waals surface area contributed by atoms with E-state index in [1.54, 1.807) is 18.5 Å². The van der Waals surface area contributed by atoms with E-state index in [-0.39, 0.29) is 11.6 Å². The number of fused-ring (bicyclic) bond motifs is 1. The van der Waals surface area contributed by atoms with E-state index in [9.17, 15) is 4.39 Å². The molecule has 0 saturated carbocycles. The van der Waals surface area contributed by atoms with E-state index in [4.69, 9.17) is 4.74 Å². The van der Waals surface area contributed by atoms with Crippen LogP contribution in [0.4, 0.5) is 10.2 Å². The van der Waals surface area contributed by atoms with Crippen LogP contribution in [-0.2, 0) is 19.5 Å². The van der Waals surface area contributed by atoms with E-state index < -0.39 is 0 Å². The first-order valence-corrected chi connectivity index (χ1v) is 7.63. The second-order valence-corrected chi connectivity index (χ2v) is 5.95. The summed E-state index contributed by atoms with van der Waals surface area (Å²) >= 11 is 0. The minimum absolute atomic E-state index is 0.279. The molecule has 0 bridgehead atoms. The molecule has 1 aromatic carbocycles. The maximum atomic E-state index is 13.8. The first-order chi connectivity index (χ1) is 11.1. The Morgan fingerprint density at radius 2 is 2.13 bits per heavy atom. The molecule has 0 atom stereocenters. The van der Waals surface area contributed by atoms with Gasteiger partial charge in [-0.05, 0) is 17.7 Å². The Morgan fingerprint density at radius 3 is 2.83 bits per heavy atom. The summed E-state index contributed by atoms with van der Waals surface area (Å²) in [7, 11) is 5.45. The first kappa shape index (κ1) is 15.7. The Kier molecular flexibility index (Phi) is 4.43. The molecule has 1 aliphatic heterocycles. The highest BCUT2D eigenvalue weighted by molar-refractivity contribution is 5.48. The molecule has 0 radical (unpaired) electrons. The van der Waals surface area contributed by atoms with E-state index >= 15 is 0 Å². The summed E-state index contributed by atoms with van der Waals surface area (Å²) in [4.78, 5) is 13.1. The van der Waals surface area contributed by atoms with Crippen molar-refractivity contribution in [2.24, 2.45) is 0 Å². The minimum Gasteiger partial charge on any atom is -0.494 e. The molecule has 0 fully saturated rings. The van der Waals surface area contributed by atoms with Gasteiger partial charge in [0.25, 0.3) is 0 Å². The Balaban J connectivity index is 1.78. The molecule has 0 aliphatic carbocycles. The molecule has 1 aromatic heterocycles. The van der Waals surface area contributed by atoms with Gasteiger partial charge in [-0.3, -0.25) is 4.90 Å². The highest BCUT2D eigenvalue weighted by atomic mass is 19.1. The zero-order valence-electron chi connectivity index (χ0n) is 13.7. The highest BCUT2D eigenvalue weighted by Crippen LogP contribution is 2.26. The fourth-order valence-electron chi connectivity index (χ4n) is 2.97. The monoisotopic (exact) mass is 316 g/mol. The molecule has 0 saturated heterocycles. The third kappa shape index (κ3) is 3.27. The molecule has 0 spiro atoms. The van der Waals surface area contributed by atoms with Gasteiger partial charge in [0, 0.05) is 45.7 Å². The quantitative estimate of drug-likeness (QED) is 0.865. The lowest BCUT2D eigenvalue weighted by molar-refractivity contribution is 0.242. The molecule has 122 valence electrons. The molecule has 5 nitrogen and oxygen atoms in total. The predicted octanol–water partition coefficient (Wildman–Crippen LogP) is 2.25. The number of ether oxygens (including phenoxy) is 1. The Hall–Kier alpha value is -2.21. The Bertz CT molecular complexity index is 705. The van der Waals surface area contributed by atoms with Gasteiger partial charge < -0.3 is 9.64 Å². The van der Waals surface area contributed by atoms with Crippen LogP contribution >= 0.6 is 0 Å². The third-order valence-corrected chi connectivity index (χ3v) is 4.10. The number of methoxy groups -OCH3 is 1. The van der Waals surface area contributed by atoms with E-state index in [0.29, 0.717) is 6.54 Å². The number of nitrogens with zero attached hydrogens (tertiary/aromatic N) is 4. The van der Waals surface area contributed by atoms with E-state index in [2.05, 4.69) is 14.9 Å². The molecule has 0 N–H and O–H groups in total. The van der Waals surface area contributed by atoms with Crippen LogP contribution in [0.1, 0.15) is 16.8 Å². The van der Waals surface area contributed by atoms with Crippen LogP contribution in [0.25, 0.3) is 0 Å². The van der Waals surface area contributed by atoms with Crippen LogP contribution in [0.2, 0.25) is 0 Å². The van der Waals surface area contributed by atoms with Crippen molar-refractivity contribution >= 4 is 5.82 Å². The lowest BCUT2D eigenvalue weighted by atomic mass is 10.0. The van der Waals surface area contributed by atoms with Gasteiger partial charge in [-0.2, -0.15) is 0 Å². The molecule has 0 amide bonds. The summed E-state index contributed by atoms with van der Waals surface area (Å²) in [6.07, 6.45) is 2.51. The molecule has 1 aliphatic rings. The summed E-state index contributed by atoms with van der Waals surface area (Å²) in [5, 5.41) is 0. The van der Waals surface area contributed by atoms with Crippen LogP contribution in [0.3, 0.4) is 0 Å². The van der Waals surface area contributed by atoms with Crippen molar-refractivity contribution in [3.05, 3.63) is 47.2 Å². The first-order valence-electron chi connectivity index (χ1n) is 7.63. The van der Waals surface area contributed by atoms with Crippen molar-refractivity contribution in [1.82, 2.24) is 14.9 Å². The molecule has 6 heteroatoms. The number of benzene rings is 1. The summed E-state index contributed by atoms with van der Waals surface area (Å²) in [5.74, 6) is 0.918. The lowest BCUT2D eigenvalue weighted by Gasteiger charge is -2.30. The van der Waals surface area contributed by atoms with Crippen molar-refractivity contribution in [2.45, 2.75) is 19.5 Å². The maximum Gasteiger partial charge on any atom is 0.165 e. The zero-order chi connectivity index (χ0) is 16.4. The predicted molar refractivity (Wildman–Crippen MR) is 87.1 cm³/mol. The smallest absolute Gasteiger partial charge is 0.165 e. The van der Waals surface area contributed by atoms with Crippen molar-refractivity contribution in [3.63, 3.8) is 0 Å². The molecule has 2 heterocycles. The van der Waals surface area contributed by atoms with Crippen LogP contribution < -0.4 is 9.64 Å². The zero-order valence-corrected chi connectivity index (χ0v) is 13.7. The number of hydrogen-bond donors (Lipinski definition) is 0. The average Bonchev–Trinajstić information content (AvgIpc) is 2.54. The van der Waals surface area contributed by atoms with E-state index in [1.165, 1.54) is 7.11 Å². The van der Waals surface area contributed by atoms with E-state index in [1.807, 2.05) is 25.1 Å². The van der Waals surface area contributed by atoms with Crippen molar-refractivity contribution in [2.75, 3.05) is 32.6 Å². The third-order valence-electron chi connectivity index (χ3n) is 4.10. The second-order valence-electron chi connectivity index (χ2n) is 5.95. The molecule has 0 unspecified atom stereocenters. The van der Waals surface area contributed by atoms with Gasteiger partial charge in [0.2, 0.25) is 0 Å². The lowest BCUT2D eigenvalue weighted by Crippen LogP contribution is -2.32. The van der Waals surface area contributed by atoms with Crippen LogP contribution in [0.5, 0.6) is 5.75 Å². The number of hydrogen-bond acceptors (Lipinski definition) is 5. The van der Waals surface area contributed by atoms with Crippen LogP contribution in [-0.4, -0.2) is 42.6 Å². The summed E-state index contributed by atoms with van der Waals surface area (Å²) < 4.78 is 18.8. The van der Waals surface area contributed by atoms with Gasteiger partial charge in [-0.25, -0.2) is 14.4 Å². The van der Waals surface area contributed by atoms with Crippen molar-refractivity contribution in [1.29, 1.82) is 0 Å². The SMILES string of the molecule is COc1ccc(CN2CCc3ncnc(N(C)C)c3C2)cc1F. The highest BCUT2D eigenvalue weighted by Gasteiger charge is 2.22. The Morgan fingerprint density at radius 1 is 1.30 bits per heavy atom. The van der Waals surface area contributed by atoms with Gasteiger partial charge in [-0.15, -0.1) is 0 Å². The molecular formula is C17H21FN4O. The molecular weight excluding hydrogens is 295 g/mol. The van der Waals surface area contributed by atoms with Gasteiger partial charge >= 0.3 is 0 Å².